The molecule has 2 nitrogen and oxygen atoms in total. The van der Waals surface area contributed by atoms with Crippen molar-refractivity contribution in [3.63, 3.8) is 0 Å². The van der Waals surface area contributed by atoms with Gasteiger partial charge in [0.2, 0.25) is 0 Å². The third-order valence-corrected chi connectivity index (χ3v) is 4.47. The van der Waals surface area contributed by atoms with E-state index in [0.717, 1.165) is 25.7 Å². The number of aliphatic carboxylic acids is 1. The summed E-state index contributed by atoms with van der Waals surface area (Å²) < 4.78 is 0. The van der Waals surface area contributed by atoms with Crippen molar-refractivity contribution < 1.29 is 9.90 Å². The fourth-order valence-corrected chi connectivity index (χ4v) is 3.65. The van der Waals surface area contributed by atoms with Crippen LogP contribution in [0.15, 0.2) is 0 Å². The summed E-state index contributed by atoms with van der Waals surface area (Å²) in [4.78, 5) is 11.2. The molecule has 2 saturated carbocycles. The van der Waals surface area contributed by atoms with E-state index in [2.05, 4.69) is 15.9 Å². The molecule has 2 rings (SSSR count). The summed E-state index contributed by atoms with van der Waals surface area (Å²) in [6.07, 6.45) is 3.96. The van der Waals surface area contributed by atoms with Gasteiger partial charge < -0.3 is 5.11 Å². The summed E-state index contributed by atoms with van der Waals surface area (Å²) in [5.41, 5.74) is -0.398. The van der Waals surface area contributed by atoms with Gasteiger partial charge in [0, 0.05) is 4.83 Å². The van der Waals surface area contributed by atoms with Crippen molar-refractivity contribution in [2.45, 2.75) is 30.5 Å². The summed E-state index contributed by atoms with van der Waals surface area (Å²) in [5.74, 6) is 0.0786. The first kappa shape index (κ1) is 7.59. The Morgan fingerprint density at radius 1 is 1.64 bits per heavy atom. The highest BCUT2D eigenvalue weighted by Gasteiger charge is 2.56. The minimum Gasteiger partial charge on any atom is -0.481 e. The maximum absolute atomic E-state index is 11.0. The van der Waals surface area contributed by atoms with Gasteiger partial charge >= 0.3 is 5.97 Å². The van der Waals surface area contributed by atoms with Crippen molar-refractivity contribution in [3.8, 4) is 0 Å². The van der Waals surface area contributed by atoms with Gasteiger partial charge in [0.05, 0.1) is 5.41 Å². The molecule has 2 aliphatic rings. The van der Waals surface area contributed by atoms with Crippen LogP contribution >= 0.6 is 15.9 Å². The second kappa shape index (κ2) is 2.22. The van der Waals surface area contributed by atoms with Crippen LogP contribution in [0, 0.1) is 11.3 Å². The quantitative estimate of drug-likeness (QED) is 0.685. The van der Waals surface area contributed by atoms with Crippen molar-refractivity contribution >= 4 is 21.9 Å². The van der Waals surface area contributed by atoms with Crippen LogP contribution in [0.3, 0.4) is 0 Å². The Hall–Kier alpha value is -0.0500. The second-order valence-corrected chi connectivity index (χ2v) is 4.88. The molecule has 0 aliphatic heterocycles. The SMILES string of the molecule is O=C(O)[C@]12CC[C@H](C[C@H]1Br)C2. The van der Waals surface area contributed by atoms with E-state index >= 15 is 0 Å². The van der Waals surface area contributed by atoms with Crippen LogP contribution in [0.1, 0.15) is 25.7 Å². The number of hydrogen-bond acceptors (Lipinski definition) is 1. The van der Waals surface area contributed by atoms with Crippen molar-refractivity contribution in [2.24, 2.45) is 11.3 Å². The molecule has 62 valence electrons. The summed E-state index contributed by atoms with van der Waals surface area (Å²) in [5, 5.41) is 9.03. The number of carboxylic acid groups (broad SMARTS) is 1. The van der Waals surface area contributed by atoms with Gasteiger partial charge in [-0.1, -0.05) is 15.9 Å². The molecule has 3 atom stereocenters. The smallest absolute Gasteiger partial charge is 0.310 e. The minimum absolute atomic E-state index is 0.228. The van der Waals surface area contributed by atoms with Crippen LogP contribution in [-0.4, -0.2) is 15.9 Å². The molecule has 0 heterocycles. The van der Waals surface area contributed by atoms with E-state index in [9.17, 15) is 4.79 Å². The van der Waals surface area contributed by atoms with Crippen LogP contribution in [0.5, 0.6) is 0 Å². The summed E-state index contributed by atoms with van der Waals surface area (Å²) in [6.45, 7) is 0. The molecule has 0 radical (unpaired) electrons. The fraction of sp³-hybridized carbons (Fsp3) is 0.875. The van der Waals surface area contributed by atoms with Gasteiger partial charge in [-0.25, -0.2) is 0 Å². The van der Waals surface area contributed by atoms with Crippen LogP contribution in [0.4, 0.5) is 0 Å². The third kappa shape index (κ3) is 0.866. The van der Waals surface area contributed by atoms with E-state index in [1.165, 1.54) is 0 Å². The molecule has 11 heavy (non-hydrogen) atoms. The maximum Gasteiger partial charge on any atom is 0.310 e. The summed E-state index contributed by atoms with van der Waals surface area (Å²) in [7, 11) is 0. The maximum atomic E-state index is 11.0. The van der Waals surface area contributed by atoms with Crippen LogP contribution < -0.4 is 0 Å². The van der Waals surface area contributed by atoms with Crippen LogP contribution in [-0.2, 0) is 4.79 Å². The Morgan fingerprint density at radius 2 is 2.36 bits per heavy atom. The van der Waals surface area contributed by atoms with E-state index in [1.807, 2.05) is 0 Å². The Morgan fingerprint density at radius 3 is 2.64 bits per heavy atom. The molecule has 0 spiro atoms. The molecule has 2 aliphatic carbocycles. The highest BCUT2D eigenvalue weighted by Crippen LogP contribution is 2.56. The number of alkyl halides is 1. The molecule has 3 heteroatoms. The van der Waals surface area contributed by atoms with Crippen molar-refractivity contribution in [1.82, 2.24) is 0 Å². The van der Waals surface area contributed by atoms with Gasteiger partial charge in [0.1, 0.15) is 0 Å². The third-order valence-electron chi connectivity index (χ3n) is 3.22. The van der Waals surface area contributed by atoms with E-state index in [1.54, 1.807) is 0 Å². The van der Waals surface area contributed by atoms with E-state index in [0.29, 0.717) is 5.92 Å². The standard InChI is InChI=1S/C8H11BrO2/c9-6-3-5-1-2-8(6,4-5)7(10)11/h5-6H,1-4H2,(H,10,11)/t5-,6-,8+/m1/s1. The number of hydrogen-bond donors (Lipinski definition) is 1. The van der Waals surface area contributed by atoms with E-state index in [4.69, 9.17) is 5.11 Å². The first-order chi connectivity index (χ1) is 5.15. The zero-order valence-corrected chi connectivity index (χ0v) is 7.80. The topological polar surface area (TPSA) is 37.3 Å². The Labute approximate surface area is 74.1 Å². The predicted octanol–water partition coefficient (Wildman–Crippen LogP) is 2.02. The molecule has 0 aromatic heterocycles. The van der Waals surface area contributed by atoms with Crippen molar-refractivity contribution in [2.75, 3.05) is 0 Å². The zero-order valence-electron chi connectivity index (χ0n) is 6.22. The molecular formula is C8H11BrO2. The first-order valence-electron chi connectivity index (χ1n) is 4.02. The van der Waals surface area contributed by atoms with E-state index in [-0.39, 0.29) is 4.83 Å². The van der Waals surface area contributed by atoms with Crippen LogP contribution in [0.2, 0.25) is 0 Å². The van der Waals surface area contributed by atoms with Gasteiger partial charge in [-0.15, -0.1) is 0 Å². The highest BCUT2D eigenvalue weighted by molar-refractivity contribution is 9.09. The van der Waals surface area contributed by atoms with Gasteiger partial charge in [0.15, 0.2) is 0 Å². The molecule has 0 amide bonds. The Kier molecular flexibility index (Phi) is 1.53. The molecule has 0 unspecified atom stereocenters. The summed E-state index contributed by atoms with van der Waals surface area (Å²) >= 11 is 3.47. The number of halogens is 1. The lowest BCUT2D eigenvalue weighted by Crippen LogP contribution is -2.34. The first-order valence-corrected chi connectivity index (χ1v) is 4.94. The average Bonchev–Trinajstić information content (AvgIpc) is 2.43. The van der Waals surface area contributed by atoms with Gasteiger partial charge in [-0.3, -0.25) is 4.79 Å². The van der Waals surface area contributed by atoms with Crippen molar-refractivity contribution in [1.29, 1.82) is 0 Å². The van der Waals surface area contributed by atoms with Gasteiger partial charge in [0.25, 0.3) is 0 Å². The zero-order chi connectivity index (χ0) is 8.06. The Bertz CT molecular complexity index is 204. The number of fused-ring (bicyclic) bond motifs is 2. The molecule has 2 bridgehead atoms. The molecule has 0 aromatic carbocycles. The minimum atomic E-state index is -0.598. The van der Waals surface area contributed by atoms with E-state index < -0.39 is 11.4 Å². The fourth-order valence-electron chi connectivity index (χ4n) is 2.51. The largest absolute Gasteiger partial charge is 0.481 e. The average molecular weight is 219 g/mol. The van der Waals surface area contributed by atoms with Crippen molar-refractivity contribution in [3.05, 3.63) is 0 Å². The molecule has 0 saturated heterocycles. The summed E-state index contributed by atoms with van der Waals surface area (Å²) in [6, 6.07) is 0. The highest BCUT2D eigenvalue weighted by atomic mass is 79.9. The molecule has 0 aromatic rings. The predicted molar refractivity (Wildman–Crippen MR) is 44.7 cm³/mol. The lowest BCUT2D eigenvalue weighted by atomic mass is 9.84. The number of carbonyl (C=O) groups is 1. The lowest BCUT2D eigenvalue weighted by molar-refractivity contribution is -0.147. The lowest BCUT2D eigenvalue weighted by Gasteiger charge is -2.26. The number of rotatable bonds is 1. The molecular weight excluding hydrogens is 208 g/mol. The van der Waals surface area contributed by atoms with Gasteiger partial charge in [-0.2, -0.15) is 0 Å². The molecule has 2 fully saturated rings. The van der Waals surface area contributed by atoms with Gasteiger partial charge in [-0.05, 0) is 31.6 Å². The van der Waals surface area contributed by atoms with Crippen LogP contribution in [0.25, 0.3) is 0 Å². The molecule has 1 N–H and O–H groups in total. The Balaban J connectivity index is 2.29. The number of carboxylic acids is 1. The monoisotopic (exact) mass is 218 g/mol. The normalized spacial score (nSPS) is 48.1. The second-order valence-electron chi connectivity index (χ2n) is 3.77.